The van der Waals surface area contributed by atoms with Gasteiger partial charge in [-0.25, -0.2) is 0 Å². The lowest BCUT2D eigenvalue weighted by Gasteiger charge is -2.03. The van der Waals surface area contributed by atoms with E-state index >= 15 is 0 Å². The van der Waals surface area contributed by atoms with Crippen LogP contribution in [-0.4, -0.2) is 12.3 Å². The SMILES string of the molecule is Br.CCCCCCCCCCCCCC[P]CCCCCC. The third-order valence-corrected chi connectivity index (χ3v) is 5.60. The first-order chi connectivity index (χ1) is 10.4. The Balaban J connectivity index is 0. The summed E-state index contributed by atoms with van der Waals surface area (Å²) in [6.07, 6.45) is 26.3. The first-order valence-corrected chi connectivity index (χ1v) is 11.3. The first kappa shape index (κ1) is 25.2. The summed E-state index contributed by atoms with van der Waals surface area (Å²) >= 11 is 0. The highest BCUT2D eigenvalue weighted by molar-refractivity contribution is 8.93. The molecule has 0 aliphatic heterocycles. The van der Waals surface area contributed by atoms with Gasteiger partial charge >= 0.3 is 0 Å². The van der Waals surface area contributed by atoms with Crippen LogP contribution in [0, 0.1) is 0 Å². The van der Waals surface area contributed by atoms with E-state index in [4.69, 9.17) is 0 Å². The molecule has 2 heteroatoms. The molecular weight excluding hydrogens is 351 g/mol. The van der Waals surface area contributed by atoms with Crippen LogP contribution in [0.4, 0.5) is 0 Å². The predicted octanol–water partition coefficient (Wildman–Crippen LogP) is 8.79. The van der Waals surface area contributed by atoms with Gasteiger partial charge in [0.2, 0.25) is 0 Å². The van der Waals surface area contributed by atoms with Crippen molar-refractivity contribution >= 4 is 25.6 Å². The molecule has 0 spiro atoms. The van der Waals surface area contributed by atoms with E-state index in [9.17, 15) is 0 Å². The number of halogens is 1. The summed E-state index contributed by atoms with van der Waals surface area (Å²) in [5, 5.41) is 0. The second-order valence-electron chi connectivity index (χ2n) is 6.62. The zero-order valence-corrected chi connectivity index (χ0v) is 18.2. The Morgan fingerprint density at radius 2 is 0.682 bits per heavy atom. The molecule has 1 radical (unpaired) electrons. The van der Waals surface area contributed by atoms with E-state index in [2.05, 4.69) is 13.8 Å². The van der Waals surface area contributed by atoms with Crippen molar-refractivity contribution in [3.05, 3.63) is 0 Å². The van der Waals surface area contributed by atoms with Crippen LogP contribution in [0.2, 0.25) is 0 Å². The maximum absolute atomic E-state index is 2.30. The molecule has 0 N–H and O–H groups in total. The Hall–Kier alpha value is 0.910. The molecule has 0 nitrogen and oxygen atoms in total. The van der Waals surface area contributed by atoms with Crippen LogP contribution in [0.25, 0.3) is 0 Å². The Kier molecular flexibility index (Phi) is 27.6. The topological polar surface area (TPSA) is 0 Å². The molecule has 0 aromatic carbocycles. The molecule has 0 atom stereocenters. The van der Waals surface area contributed by atoms with E-state index < -0.39 is 0 Å². The lowest BCUT2D eigenvalue weighted by atomic mass is 10.1. The van der Waals surface area contributed by atoms with Crippen molar-refractivity contribution in [2.75, 3.05) is 12.3 Å². The van der Waals surface area contributed by atoms with Gasteiger partial charge in [0.25, 0.3) is 0 Å². The quantitative estimate of drug-likeness (QED) is 0.161. The predicted molar refractivity (Wildman–Crippen MR) is 112 cm³/mol. The summed E-state index contributed by atoms with van der Waals surface area (Å²) in [6, 6.07) is 0. The van der Waals surface area contributed by atoms with Crippen molar-refractivity contribution in [1.29, 1.82) is 0 Å². The molecule has 0 aliphatic carbocycles. The minimum atomic E-state index is 0. The summed E-state index contributed by atoms with van der Waals surface area (Å²) in [5.41, 5.74) is 0. The third kappa shape index (κ3) is 23.2. The molecule has 0 amide bonds. The first-order valence-electron chi connectivity index (χ1n) is 10.0. The molecule has 0 saturated carbocycles. The summed E-state index contributed by atoms with van der Waals surface area (Å²) < 4.78 is 0. The molecule has 0 heterocycles. The summed E-state index contributed by atoms with van der Waals surface area (Å²) in [6.45, 7) is 4.59. The minimum Gasteiger partial charge on any atom is -0.114 e. The Labute approximate surface area is 154 Å². The van der Waals surface area contributed by atoms with Crippen LogP contribution in [0.3, 0.4) is 0 Å². The fraction of sp³-hybridized carbons (Fsp3) is 1.00. The number of hydrogen-bond donors (Lipinski definition) is 0. The van der Waals surface area contributed by atoms with Gasteiger partial charge in [-0.1, -0.05) is 112 Å². The highest BCUT2D eigenvalue weighted by Crippen LogP contribution is 2.18. The average molecular weight is 394 g/mol. The molecule has 0 fully saturated rings. The van der Waals surface area contributed by atoms with Crippen molar-refractivity contribution in [1.82, 2.24) is 0 Å². The fourth-order valence-electron chi connectivity index (χ4n) is 2.83. The van der Waals surface area contributed by atoms with Crippen LogP contribution < -0.4 is 0 Å². The summed E-state index contributed by atoms with van der Waals surface area (Å²) in [7, 11) is 1.72. The molecule has 0 unspecified atom stereocenters. The maximum atomic E-state index is 2.30. The second kappa shape index (κ2) is 24.2. The van der Waals surface area contributed by atoms with Gasteiger partial charge < -0.3 is 0 Å². The van der Waals surface area contributed by atoms with Gasteiger partial charge in [0.05, 0.1) is 0 Å². The van der Waals surface area contributed by atoms with Crippen molar-refractivity contribution in [2.24, 2.45) is 0 Å². The van der Waals surface area contributed by atoms with Crippen LogP contribution in [-0.2, 0) is 0 Å². The zero-order chi connectivity index (χ0) is 15.4. The van der Waals surface area contributed by atoms with Gasteiger partial charge in [-0.05, 0) is 25.2 Å². The zero-order valence-electron chi connectivity index (χ0n) is 15.6. The second-order valence-corrected chi connectivity index (χ2v) is 7.96. The number of unbranched alkanes of at least 4 members (excludes halogenated alkanes) is 14. The molecule has 22 heavy (non-hydrogen) atoms. The standard InChI is InChI=1S/C20H42P.BrH/c1-3-5-7-9-10-11-12-13-14-15-16-18-20-21-19-17-8-6-4-2;/h3-20H2,1-2H3;1H. The Bertz CT molecular complexity index is 155. The van der Waals surface area contributed by atoms with Crippen LogP contribution in [0.1, 0.15) is 117 Å². The van der Waals surface area contributed by atoms with E-state index in [1.807, 2.05) is 0 Å². The van der Waals surface area contributed by atoms with Gasteiger partial charge in [-0.15, -0.1) is 17.0 Å². The Morgan fingerprint density at radius 1 is 0.409 bits per heavy atom. The molecule has 0 aromatic rings. The molecule has 0 aromatic heterocycles. The molecule has 0 saturated heterocycles. The number of hydrogen-bond acceptors (Lipinski definition) is 0. The molecule has 0 aliphatic rings. The monoisotopic (exact) mass is 393 g/mol. The fourth-order valence-corrected chi connectivity index (χ4v) is 3.94. The highest BCUT2D eigenvalue weighted by Gasteiger charge is 1.94. The van der Waals surface area contributed by atoms with E-state index in [0.717, 1.165) is 0 Å². The van der Waals surface area contributed by atoms with Gasteiger partial charge in [-0.3, -0.25) is 0 Å². The number of rotatable bonds is 18. The van der Waals surface area contributed by atoms with E-state index in [1.165, 1.54) is 115 Å². The molecule has 0 rings (SSSR count). The largest absolute Gasteiger partial charge is 0.114 e. The van der Waals surface area contributed by atoms with E-state index in [-0.39, 0.29) is 17.0 Å². The van der Waals surface area contributed by atoms with Crippen molar-refractivity contribution in [3.63, 3.8) is 0 Å². The normalized spacial score (nSPS) is 11.2. The maximum Gasteiger partial charge on any atom is -0.0287 e. The average Bonchev–Trinajstić information content (AvgIpc) is 2.50. The molecule has 135 valence electrons. The summed E-state index contributed by atoms with van der Waals surface area (Å²) in [5.74, 6) is 0. The van der Waals surface area contributed by atoms with Gasteiger partial charge in [-0.2, -0.15) is 0 Å². The van der Waals surface area contributed by atoms with Crippen LogP contribution in [0.5, 0.6) is 0 Å². The van der Waals surface area contributed by atoms with Gasteiger partial charge in [0.15, 0.2) is 0 Å². The van der Waals surface area contributed by atoms with E-state index in [1.54, 1.807) is 8.58 Å². The Morgan fingerprint density at radius 3 is 1.05 bits per heavy atom. The smallest absolute Gasteiger partial charge is 0.0287 e. The van der Waals surface area contributed by atoms with Crippen LogP contribution in [0.15, 0.2) is 0 Å². The van der Waals surface area contributed by atoms with Crippen molar-refractivity contribution in [3.8, 4) is 0 Å². The lowest BCUT2D eigenvalue weighted by molar-refractivity contribution is 0.548. The van der Waals surface area contributed by atoms with E-state index in [0.29, 0.717) is 0 Å². The highest BCUT2D eigenvalue weighted by atomic mass is 79.9. The minimum absolute atomic E-state index is 0. The summed E-state index contributed by atoms with van der Waals surface area (Å²) in [4.78, 5) is 0. The van der Waals surface area contributed by atoms with Gasteiger partial charge in [0, 0.05) is 0 Å². The van der Waals surface area contributed by atoms with Gasteiger partial charge in [0.1, 0.15) is 0 Å². The molecular formula is C20H43BrP. The van der Waals surface area contributed by atoms with Crippen molar-refractivity contribution < 1.29 is 0 Å². The lowest BCUT2D eigenvalue weighted by Crippen LogP contribution is -1.85. The molecule has 0 bridgehead atoms. The third-order valence-electron chi connectivity index (χ3n) is 4.34. The van der Waals surface area contributed by atoms with Crippen molar-refractivity contribution in [2.45, 2.75) is 117 Å². The van der Waals surface area contributed by atoms with Crippen LogP contribution >= 0.6 is 25.6 Å².